The smallest absolute Gasteiger partial charge is 0.228 e. The average Bonchev–Trinajstić information content (AvgIpc) is 2.89. The molecule has 2 aromatic rings. The lowest BCUT2D eigenvalue weighted by Crippen LogP contribution is -2.29. The lowest BCUT2D eigenvalue weighted by atomic mass is 9.85. The van der Waals surface area contributed by atoms with E-state index < -0.39 is 0 Å². The van der Waals surface area contributed by atoms with Gasteiger partial charge in [-0.3, -0.25) is 4.79 Å². The van der Waals surface area contributed by atoms with Gasteiger partial charge in [-0.15, -0.1) is 11.3 Å². The molecule has 94 valence electrons. The predicted octanol–water partition coefficient (Wildman–Crippen LogP) is 2.73. The van der Waals surface area contributed by atoms with Crippen LogP contribution in [0.25, 0.3) is 0 Å². The van der Waals surface area contributed by atoms with Crippen molar-refractivity contribution in [2.45, 2.75) is 25.8 Å². The molecule has 1 aliphatic carbocycles. The maximum Gasteiger partial charge on any atom is 0.228 e. The van der Waals surface area contributed by atoms with Crippen molar-refractivity contribution in [3.63, 3.8) is 0 Å². The molecule has 0 saturated heterocycles. The fourth-order valence-electron chi connectivity index (χ4n) is 2.01. The number of carbonyl (C=O) groups is 1. The van der Waals surface area contributed by atoms with Gasteiger partial charge in [0.2, 0.25) is 5.91 Å². The third-order valence-corrected chi connectivity index (χ3v) is 4.19. The Morgan fingerprint density at radius 3 is 3.06 bits per heavy atom. The normalized spacial score (nSPS) is 15.3. The van der Waals surface area contributed by atoms with E-state index in [2.05, 4.69) is 16.5 Å². The van der Waals surface area contributed by atoms with Crippen LogP contribution in [0.1, 0.15) is 24.1 Å². The second kappa shape index (κ2) is 4.94. The summed E-state index contributed by atoms with van der Waals surface area (Å²) in [6, 6.07) is 5.95. The quantitative estimate of drug-likeness (QED) is 0.920. The minimum absolute atomic E-state index is 0.133. The van der Waals surface area contributed by atoms with E-state index >= 15 is 0 Å². The summed E-state index contributed by atoms with van der Waals surface area (Å²) in [5.74, 6) is 1.13. The lowest BCUT2D eigenvalue weighted by Gasteiger charge is -2.24. The predicted molar refractivity (Wildman–Crippen MR) is 71.6 cm³/mol. The van der Waals surface area contributed by atoms with Crippen molar-refractivity contribution in [2.75, 3.05) is 5.32 Å². The number of carbonyl (C=O) groups excluding carboxylic acids is 1. The van der Waals surface area contributed by atoms with Crippen LogP contribution in [0.4, 0.5) is 5.82 Å². The zero-order valence-corrected chi connectivity index (χ0v) is 10.8. The fraction of sp³-hybridized carbons (Fsp3) is 0.385. The molecule has 0 bridgehead atoms. The molecule has 4 nitrogen and oxygen atoms in total. The number of hydrogen-bond acceptors (Lipinski definition) is 3. The van der Waals surface area contributed by atoms with E-state index in [9.17, 15) is 4.79 Å². The van der Waals surface area contributed by atoms with Crippen molar-refractivity contribution in [1.29, 1.82) is 0 Å². The van der Waals surface area contributed by atoms with Crippen molar-refractivity contribution in [1.82, 2.24) is 9.78 Å². The first-order valence-electron chi connectivity index (χ1n) is 6.18. The number of amides is 1. The number of thiophene rings is 1. The third-order valence-electron chi connectivity index (χ3n) is 3.33. The van der Waals surface area contributed by atoms with Crippen LogP contribution in [0.2, 0.25) is 0 Å². The highest BCUT2D eigenvalue weighted by Gasteiger charge is 2.25. The molecule has 1 fully saturated rings. The third kappa shape index (κ3) is 2.31. The molecule has 1 saturated carbocycles. The van der Waals surface area contributed by atoms with Gasteiger partial charge in [-0.05, 0) is 24.3 Å². The summed E-state index contributed by atoms with van der Waals surface area (Å²) in [7, 11) is 0. The van der Waals surface area contributed by atoms with Gasteiger partial charge in [0.1, 0.15) is 5.82 Å². The molecule has 1 amide bonds. The highest BCUT2D eigenvalue weighted by Crippen LogP contribution is 2.27. The van der Waals surface area contributed by atoms with E-state index in [1.807, 2.05) is 22.2 Å². The number of hydrogen-bond donors (Lipinski definition) is 1. The zero-order chi connectivity index (χ0) is 12.4. The van der Waals surface area contributed by atoms with Gasteiger partial charge in [-0.2, -0.15) is 5.10 Å². The molecule has 0 atom stereocenters. The van der Waals surface area contributed by atoms with E-state index in [1.54, 1.807) is 17.5 Å². The monoisotopic (exact) mass is 261 g/mol. The molecule has 1 aliphatic rings. The molecule has 2 aromatic heterocycles. The van der Waals surface area contributed by atoms with Crippen LogP contribution >= 0.6 is 11.3 Å². The van der Waals surface area contributed by atoms with Crippen molar-refractivity contribution < 1.29 is 4.79 Å². The SMILES string of the molecule is O=C(Nc1ccnn1Cc1cccs1)C1CCC1. The van der Waals surface area contributed by atoms with Crippen LogP contribution in [0.15, 0.2) is 29.8 Å². The lowest BCUT2D eigenvalue weighted by molar-refractivity contribution is -0.122. The molecule has 0 radical (unpaired) electrons. The van der Waals surface area contributed by atoms with E-state index in [0.717, 1.165) is 18.7 Å². The summed E-state index contributed by atoms with van der Waals surface area (Å²) in [5, 5.41) is 9.27. The van der Waals surface area contributed by atoms with Gasteiger partial charge in [0.15, 0.2) is 0 Å². The van der Waals surface area contributed by atoms with Gasteiger partial charge >= 0.3 is 0 Å². The maximum atomic E-state index is 11.9. The Labute approximate surface area is 110 Å². The fourth-order valence-corrected chi connectivity index (χ4v) is 2.70. The first-order valence-corrected chi connectivity index (χ1v) is 7.06. The average molecular weight is 261 g/mol. The number of nitrogens with one attached hydrogen (secondary N) is 1. The van der Waals surface area contributed by atoms with Crippen LogP contribution in [0.3, 0.4) is 0 Å². The molecular weight excluding hydrogens is 246 g/mol. The van der Waals surface area contributed by atoms with Gasteiger partial charge in [-0.1, -0.05) is 12.5 Å². The summed E-state index contributed by atoms with van der Waals surface area (Å²) in [6.45, 7) is 0.713. The van der Waals surface area contributed by atoms with E-state index in [-0.39, 0.29) is 11.8 Å². The van der Waals surface area contributed by atoms with Crippen molar-refractivity contribution >= 4 is 23.1 Å². The summed E-state index contributed by atoms with van der Waals surface area (Å²) >= 11 is 1.70. The van der Waals surface area contributed by atoms with Crippen molar-refractivity contribution in [3.8, 4) is 0 Å². The number of nitrogens with zero attached hydrogens (tertiary/aromatic N) is 2. The largest absolute Gasteiger partial charge is 0.311 e. The van der Waals surface area contributed by atoms with E-state index in [4.69, 9.17) is 0 Å². The molecule has 1 N–H and O–H groups in total. The topological polar surface area (TPSA) is 46.9 Å². The molecule has 3 rings (SSSR count). The molecule has 18 heavy (non-hydrogen) atoms. The summed E-state index contributed by atoms with van der Waals surface area (Å²) < 4.78 is 1.84. The minimum Gasteiger partial charge on any atom is -0.311 e. The van der Waals surface area contributed by atoms with Gasteiger partial charge < -0.3 is 5.32 Å². The molecule has 5 heteroatoms. The number of rotatable bonds is 4. The Morgan fingerprint density at radius 2 is 2.39 bits per heavy atom. The first kappa shape index (κ1) is 11.5. The highest BCUT2D eigenvalue weighted by atomic mass is 32.1. The standard InChI is InChI=1S/C13H15N3OS/c17-13(10-3-1-4-10)15-12-6-7-14-16(12)9-11-5-2-8-18-11/h2,5-8,10H,1,3-4,9H2,(H,15,17). The Kier molecular flexibility index (Phi) is 3.15. The Balaban J connectivity index is 1.69. The Bertz CT molecular complexity index is 528. The van der Waals surface area contributed by atoms with Crippen molar-refractivity contribution in [2.24, 2.45) is 5.92 Å². The molecule has 0 aliphatic heterocycles. The summed E-state index contributed by atoms with van der Waals surface area (Å²) in [6.07, 6.45) is 4.94. The second-order valence-corrected chi connectivity index (χ2v) is 5.60. The van der Waals surface area contributed by atoms with Gasteiger partial charge in [0.05, 0.1) is 12.7 Å². The molecule has 2 heterocycles. The summed E-state index contributed by atoms with van der Waals surface area (Å²) in [4.78, 5) is 13.1. The van der Waals surface area contributed by atoms with Crippen LogP contribution < -0.4 is 5.32 Å². The van der Waals surface area contributed by atoms with Gasteiger partial charge in [0.25, 0.3) is 0 Å². The summed E-state index contributed by atoms with van der Waals surface area (Å²) in [5.41, 5.74) is 0. The maximum absolute atomic E-state index is 11.9. The van der Waals surface area contributed by atoms with Crippen LogP contribution in [-0.2, 0) is 11.3 Å². The van der Waals surface area contributed by atoms with Crippen LogP contribution in [0, 0.1) is 5.92 Å². The number of anilines is 1. The van der Waals surface area contributed by atoms with Crippen LogP contribution in [-0.4, -0.2) is 15.7 Å². The molecule has 0 unspecified atom stereocenters. The highest BCUT2D eigenvalue weighted by molar-refractivity contribution is 7.09. The van der Waals surface area contributed by atoms with Gasteiger partial charge in [0, 0.05) is 16.9 Å². The Hall–Kier alpha value is -1.62. The number of aromatic nitrogens is 2. The van der Waals surface area contributed by atoms with Gasteiger partial charge in [-0.25, -0.2) is 4.68 Å². The van der Waals surface area contributed by atoms with E-state index in [0.29, 0.717) is 6.54 Å². The molecule has 0 spiro atoms. The van der Waals surface area contributed by atoms with E-state index in [1.165, 1.54) is 11.3 Å². The second-order valence-electron chi connectivity index (χ2n) is 4.57. The first-order chi connectivity index (χ1) is 8.83. The molecule has 0 aromatic carbocycles. The minimum atomic E-state index is 0.133. The zero-order valence-electron chi connectivity index (χ0n) is 10.0. The van der Waals surface area contributed by atoms with Crippen LogP contribution in [0.5, 0.6) is 0 Å². The Morgan fingerprint density at radius 1 is 1.50 bits per heavy atom. The van der Waals surface area contributed by atoms with Crippen molar-refractivity contribution in [3.05, 3.63) is 34.7 Å². The molecular formula is C13H15N3OS.